The van der Waals surface area contributed by atoms with Gasteiger partial charge in [0.15, 0.2) is 0 Å². The molecule has 5 atom stereocenters. The van der Waals surface area contributed by atoms with Crippen molar-refractivity contribution in [1.29, 1.82) is 0 Å². The summed E-state index contributed by atoms with van der Waals surface area (Å²) >= 11 is 0. The van der Waals surface area contributed by atoms with E-state index >= 15 is 0 Å². The van der Waals surface area contributed by atoms with E-state index < -0.39 is 71.5 Å². The molecular weight excluding hydrogens is 765 g/mol. The van der Waals surface area contributed by atoms with Crippen molar-refractivity contribution in [2.75, 3.05) is 0 Å². The largest absolute Gasteiger partial charge is 0.480 e. The number of hydrogen-bond acceptors (Lipinski definition) is 7. The molecule has 4 aromatic rings. The predicted octanol–water partition coefficient (Wildman–Crippen LogP) is 5.21. The average Bonchev–Trinajstić information content (AvgIpc) is 3.58. The van der Waals surface area contributed by atoms with Gasteiger partial charge in [0.05, 0.1) is 0 Å². The van der Waals surface area contributed by atoms with Gasteiger partial charge in [0.2, 0.25) is 23.6 Å². The van der Waals surface area contributed by atoms with Crippen molar-refractivity contribution in [3.63, 3.8) is 0 Å². The van der Waals surface area contributed by atoms with E-state index in [2.05, 4.69) is 31.6 Å². The van der Waals surface area contributed by atoms with Crippen LogP contribution < -0.4 is 26.6 Å². The van der Waals surface area contributed by atoms with Crippen molar-refractivity contribution in [3.05, 3.63) is 108 Å². The molecule has 14 nitrogen and oxygen atoms in total. The summed E-state index contributed by atoms with van der Waals surface area (Å²) in [6.45, 7) is 12.6. The van der Waals surface area contributed by atoms with Crippen LogP contribution in [0.4, 0.5) is 4.79 Å². The van der Waals surface area contributed by atoms with Gasteiger partial charge in [-0.15, -0.1) is 0 Å². The number of carbonyl (C=O) groups is 6. The maximum absolute atomic E-state index is 14.2. The highest BCUT2D eigenvalue weighted by molar-refractivity contribution is 5.96. The molecule has 0 saturated carbocycles. The molecule has 1 aromatic heterocycles. The Morgan fingerprint density at radius 3 is 1.45 bits per heavy atom. The fourth-order valence-electron chi connectivity index (χ4n) is 6.78. The molecule has 1 heterocycles. The molecule has 14 heteroatoms. The van der Waals surface area contributed by atoms with Gasteiger partial charge in [0.25, 0.3) is 0 Å². The molecule has 3 aromatic carbocycles. The Morgan fingerprint density at radius 1 is 0.567 bits per heavy atom. The molecule has 0 bridgehead atoms. The van der Waals surface area contributed by atoms with Gasteiger partial charge >= 0.3 is 12.1 Å². The third-order valence-electron chi connectivity index (χ3n) is 9.60. The molecule has 5 amide bonds. The number of aromatic nitrogens is 1. The van der Waals surface area contributed by atoms with E-state index in [9.17, 15) is 33.9 Å². The number of aliphatic carboxylic acids is 1. The minimum absolute atomic E-state index is 0.00256. The maximum atomic E-state index is 14.2. The van der Waals surface area contributed by atoms with Crippen LogP contribution >= 0.6 is 0 Å². The number of aromatic amines is 1. The lowest BCUT2D eigenvalue weighted by Crippen LogP contribution is -2.60. The van der Waals surface area contributed by atoms with Crippen LogP contribution in [0.15, 0.2) is 91.1 Å². The minimum atomic E-state index is -1.29. The zero-order valence-corrected chi connectivity index (χ0v) is 35.5. The van der Waals surface area contributed by atoms with Gasteiger partial charge in [-0.25, -0.2) is 9.59 Å². The zero-order chi connectivity index (χ0) is 44.0. The van der Waals surface area contributed by atoms with Crippen LogP contribution in [0.2, 0.25) is 0 Å². The average molecular weight is 825 g/mol. The van der Waals surface area contributed by atoms with Gasteiger partial charge in [-0.1, -0.05) is 107 Å². The highest BCUT2D eigenvalue weighted by Gasteiger charge is 2.34. The smallest absolute Gasteiger partial charge is 0.408 e. The van der Waals surface area contributed by atoms with E-state index in [1.54, 1.807) is 51.2 Å². The van der Waals surface area contributed by atoms with E-state index in [1.165, 1.54) is 0 Å². The number of rotatable bonds is 20. The van der Waals surface area contributed by atoms with Gasteiger partial charge in [0, 0.05) is 36.4 Å². The quantitative estimate of drug-likeness (QED) is 0.0629. The molecule has 0 fully saturated rings. The summed E-state index contributed by atoms with van der Waals surface area (Å²) < 4.78 is 5.44. The van der Waals surface area contributed by atoms with E-state index in [0.717, 1.165) is 22.0 Å². The van der Waals surface area contributed by atoms with Crippen LogP contribution in [0.25, 0.3) is 10.9 Å². The summed E-state index contributed by atoms with van der Waals surface area (Å²) in [6, 6.07) is 19.7. The number of ether oxygens (including phenoxy) is 1. The monoisotopic (exact) mass is 824 g/mol. The number of amides is 5. The SMILES string of the molecule is CC(C)C[C@@H](NC(=O)[C@H](Cc1ccccc1)NC(=O)[C@@H](CC(C)C)NC(=O)[C@H](Cc1ccccc1)NC(=O)OC(C)(C)C)C(=O)N[C@@H](Cc1c[nH]c2ccccc12)C(=O)O. The van der Waals surface area contributed by atoms with Gasteiger partial charge < -0.3 is 41.4 Å². The molecule has 0 radical (unpaired) electrons. The first-order valence-corrected chi connectivity index (χ1v) is 20.4. The number of para-hydroxylation sites is 1. The Kier molecular flexibility index (Phi) is 16.8. The van der Waals surface area contributed by atoms with Gasteiger partial charge in [-0.3, -0.25) is 19.2 Å². The van der Waals surface area contributed by atoms with Crippen molar-refractivity contribution in [3.8, 4) is 0 Å². The highest BCUT2D eigenvalue weighted by atomic mass is 16.6. The van der Waals surface area contributed by atoms with Crippen molar-refractivity contribution < 1.29 is 38.6 Å². The first-order chi connectivity index (χ1) is 28.4. The van der Waals surface area contributed by atoms with Crippen molar-refractivity contribution in [2.45, 2.75) is 116 Å². The van der Waals surface area contributed by atoms with E-state index in [0.29, 0.717) is 5.56 Å². The number of nitrogens with one attached hydrogen (secondary N) is 6. The summed E-state index contributed by atoms with van der Waals surface area (Å²) in [7, 11) is 0. The number of H-pyrrole nitrogens is 1. The number of carboxylic acid groups (broad SMARTS) is 1. The third kappa shape index (κ3) is 14.9. The first kappa shape index (κ1) is 46.5. The highest BCUT2D eigenvalue weighted by Crippen LogP contribution is 2.20. The second kappa shape index (κ2) is 21.7. The Balaban J connectivity index is 1.56. The topological polar surface area (TPSA) is 208 Å². The number of fused-ring (bicyclic) bond motifs is 1. The number of carboxylic acids is 1. The van der Waals surface area contributed by atoms with Gasteiger partial charge in [0.1, 0.15) is 35.8 Å². The normalized spacial score (nSPS) is 14.0. The van der Waals surface area contributed by atoms with Crippen molar-refractivity contribution in [1.82, 2.24) is 31.6 Å². The van der Waals surface area contributed by atoms with E-state index in [1.807, 2.05) is 88.4 Å². The molecule has 60 heavy (non-hydrogen) atoms. The molecular formula is C46H60N6O8. The van der Waals surface area contributed by atoms with Crippen molar-refractivity contribution >= 4 is 46.6 Å². The molecule has 0 spiro atoms. The predicted molar refractivity (Wildman–Crippen MR) is 230 cm³/mol. The lowest BCUT2D eigenvalue weighted by molar-refractivity contribution is -0.142. The molecule has 0 saturated heterocycles. The summed E-state index contributed by atoms with van der Waals surface area (Å²) in [6.07, 6.45) is 1.47. The van der Waals surface area contributed by atoms with E-state index in [-0.39, 0.29) is 43.9 Å². The Morgan fingerprint density at radius 2 is 0.983 bits per heavy atom. The lowest BCUT2D eigenvalue weighted by Gasteiger charge is -2.28. The summed E-state index contributed by atoms with van der Waals surface area (Å²) in [5, 5.41) is 24.7. The second-order valence-corrected chi connectivity index (χ2v) is 17.0. The van der Waals surface area contributed by atoms with Gasteiger partial charge in [-0.2, -0.15) is 0 Å². The molecule has 7 N–H and O–H groups in total. The number of carbonyl (C=O) groups excluding carboxylic acids is 5. The fraction of sp³-hybridized carbons (Fsp3) is 0.435. The summed E-state index contributed by atoms with van der Waals surface area (Å²) in [4.78, 5) is 84.7. The standard InChI is InChI=1S/C46H60N6O8/c1-28(2)22-35(49-43(56)38(25-31-18-12-9-13-19-31)52-45(59)60-46(5,6)7)40(53)50-37(24-30-16-10-8-11-17-30)42(55)48-36(23-29(3)4)41(54)51-39(44(57)58)26-32-27-47-34-21-15-14-20-33(32)34/h8-21,27-29,35-39,47H,22-26H2,1-7H3,(H,48,55)(H,49,56)(H,50,53)(H,51,54)(H,52,59)(H,57,58)/t35-,36-,37+,38+,39+/m1/s1. The van der Waals surface area contributed by atoms with Crippen LogP contribution in [0.5, 0.6) is 0 Å². The molecule has 0 aliphatic rings. The molecule has 322 valence electrons. The maximum Gasteiger partial charge on any atom is 0.408 e. The van der Waals surface area contributed by atoms with Crippen LogP contribution in [-0.2, 0) is 48.0 Å². The number of benzene rings is 3. The summed E-state index contributed by atoms with van der Waals surface area (Å²) in [5.41, 5.74) is 2.21. The second-order valence-electron chi connectivity index (χ2n) is 17.0. The number of hydrogen-bond donors (Lipinski definition) is 7. The fourth-order valence-corrected chi connectivity index (χ4v) is 6.78. The van der Waals surface area contributed by atoms with Crippen LogP contribution in [-0.4, -0.2) is 81.6 Å². The van der Waals surface area contributed by atoms with E-state index in [4.69, 9.17) is 4.74 Å². The molecule has 0 aliphatic heterocycles. The Labute approximate surface area is 352 Å². The van der Waals surface area contributed by atoms with Crippen LogP contribution in [0.1, 0.15) is 78.0 Å². The Hall–Kier alpha value is -6.18. The molecule has 4 rings (SSSR count). The first-order valence-electron chi connectivity index (χ1n) is 20.4. The molecule has 0 unspecified atom stereocenters. The minimum Gasteiger partial charge on any atom is -0.480 e. The van der Waals surface area contributed by atoms with Crippen LogP contribution in [0.3, 0.4) is 0 Å². The summed E-state index contributed by atoms with van der Waals surface area (Å²) in [5.74, 6) is -3.99. The zero-order valence-electron chi connectivity index (χ0n) is 35.5. The lowest BCUT2D eigenvalue weighted by atomic mass is 9.98. The van der Waals surface area contributed by atoms with Gasteiger partial charge in [-0.05, 0) is 68.2 Å². The molecule has 0 aliphatic carbocycles. The van der Waals surface area contributed by atoms with Crippen LogP contribution in [0, 0.1) is 11.8 Å². The Bertz CT molecular complexity index is 2060. The number of alkyl carbamates (subject to hydrolysis) is 1. The third-order valence-corrected chi connectivity index (χ3v) is 9.60. The van der Waals surface area contributed by atoms with Crippen molar-refractivity contribution in [2.24, 2.45) is 11.8 Å².